The maximum absolute atomic E-state index is 5.62. The molecule has 0 spiro atoms. The van der Waals surface area contributed by atoms with Gasteiger partial charge in [0.2, 0.25) is 0 Å². The summed E-state index contributed by atoms with van der Waals surface area (Å²) in [5.74, 6) is 0. The highest BCUT2D eigenvalue weighted by Crippen LogP contribution is 2.19. The molecule has 1 atom stereocenters. The van der Waals surface area contributed by atoms with E-state index in [4.69, 9.17) is 4.74 Å². The van der Waals surface area contributed by atoms with Crippen LogP contribution in [0, 0.1) is 0 Å². The summed E-state index contributed by atoms with van der Waals surface area (Å²) in [7, 11) is 0. The molecule has 0 radical (unpaired) electrons. The molecule has 1 unspecified atom stereocenters. The molecule has 0 N–H and O–H groups in total. The number of hydrogen-bond donors (Lipinski definition) is 0. The van der Waals surface area contributed by atoms with Gasteiger partial charge in [0.1, 0.15) is 0 Å². The topological polar surface area (TPSA) is 9.23 Å². The van der Waals surface area contributed by atoms with Crippen LogP contribution in [-0.4, -0.2) is 12.7 Å². The predicted octanol–water partition coefficient (Wildman–Crippen LogP) is 3.44. The standard InChI is InChI=1S/C14H16O/c1-12-9-10-15-14(11-12)8-7-13-5-3-2-4-6-13/h2-8,14H,1,9-11H2/b8-7+. The molecule has 15 heavy (non-hydrogen) atoms. The van der Waals surface area contributed by atoms with Gasteiger partial charge in [0.05, 0.1) is 12.7 Å². The molecular weight excluding hydrogens is 184 g/mol. The van der Waals surface area contributed by atoms with Crippen LogP contribution in [0.3, 0.4) is 0 Å². The van der Waals surface area contributed by atoms with Crippen molar-refractivity contribution in [2.24, 2.45) is 0 Å². The minimum Gasteiger partial charge on any atom is -0.373 e. The summed E-state index contributed by atoms with van der Waals surface area (Å²) in [5, 5.41) is 0. The Morgan fingerprint density at radius 3 is 2.80 bits per heavy atom. The number of rotatable bonds is 2. The van der Waals surface area contributed by atoms with Crippen LogP contribution in [0.25, 0.3) is 6.08 Å². The fourth-order valence-electron chi connectivity index (χ4n) is 1.71. The zero-order valence-corrected chi connectivity index (χ0v) is 8.86. The SMILES string of the molecule is C=C1CCOC(/C=C/c2ccccc2)C1. The first-order chi connectivity index (χ1) is 7.34. The predicted molar refractivity (Wildman–Crippen MR) is 63.6 cm³/mol. The first-order valence-electron chi connectivity index (χ1n) is 5.36. The van der Waals surface area contributed by atoms with Crippen molar-refractivity contribution in [3.63, 3.8) is 0 Å². The van der Waals surface area contributed by atoms with Crippen molar-refractivity contribution in [3.8, 4) is 0 Å². The molecule has 1 aromatic carbocycles. The van der Waals surface area contributed by atoms with Crippen LogP contribution >= 0.6 is 0 Å². The molecule has 2 rings (SSSR count). The lowest BCUT2D eigenvalue weighted by Crippen LogP contribution is -2.17. The summed E-state index contributed by atoms with van der Waals surface area (Å²) in [6.45, 7) is 4.81. The molecule has 1 fully saturated rings. The van der Waals surface area contributed by atoms with E-state index in [0.717, 1.165) is 19.4 Å². The Hall–Kier alpha value is -1.34. The summed E-state index contributed by atoms with van der Waals surface area (Å²) in [4.78, 5) is 0. The maximum Gasteiger partial charge on any atom is 0.0796 e. The minimum atomic E-state index is 0.214. The number of ether oxygens (including phenoxy) is 1. The second-order valence-corrected chi connectivity index (χ2v) is 3.88. The van der Waals surface area contributed by atoms with Crippen LogP contribution in [-0.2, 0) is 4.74 Å². The molecule has 0 aliphatic carbocycles. The van der Waals surface area contributed by atoms with Gasteiger partial charge in [-0.2, -0.15) is 0 Å². The molecule has 1 nitrogen and oxygen atoms in total. The molecule has 0 amide bonds. The average Bonchev–Trinajstić information content (AvgIpc) is 2.28. The van der Waals surface area contributed by atoms with Crippen molar-refractivity contribution in [3.05, 3.63) is 54.1 Å². The Morgan fingerprint density at radius 2 is 2.07 bits per heavy atom. The zero-order chi connectivity index (χ0) is 10.5. The van der Waals surface area contributed by atoms with Crippen LogP contribution < -0.4 is 0 Å². The summed E-state index contributed by atoms with van der Waals surface area (Å²) in [6.07, 6.45) is 6.42. The third-order valence-electron chi connectivity index (χ3n) is 2.58. The van der Waals surface area contributed by atoms with Gasteiger partial charge in [-0.3, -0.25) is 0 Å². The van der Waals surface area contributed by atoms with E-state index in [9.17, 15) is 0 Å². The Kier molecular flexibility index (Phi) is 3.36. The van der Waals surface area contributed by atoms with Crippen molar-refractivity contribution in [2.75, 3.05) is 6.61 Å². The summed E-state index contributed by atoms with van der Waals surface area (Å²) in [5.41, 5.74) is 2.52. The molecule has 1 aliphatic heterocycles. The Bertz CT molecular complexity index is 351. The van der Waals surface area contributed by atoms with Crippen molar-refractivity contribution in [1.29, 1.82) is 0 Å². The van der Waals surface area contributed by atoms with E-state index < -0.39 is 0 Å². The third kappa shape index (κ3) is 3.07. The quantitative estimate of drug-likeness (QED) is 0.664. The second-order valence-electron chi connectivity index (χ2n) is 3.88. The van der Waals surface area contributed by atoms with E-state index in [-0.39, 0.29) is 6.10 Å². The molecular formula is C14H16O. The van der Waals surface area contributed by atoms with Gasteiger partial charge in [0, 0.05) is 0 Å². The van der Waals surface area contributed by atoms with E-state index in [1.165, 1.54) is 11.1 Å². The van der Waals surface area contributed by atoms with Crippen molar-refractivity contribution >= 4 is 6.08 Å². The lowest BCUT2D eigenvalue weighted by atomic mass is 10.0. The smallest absolute Gasteiger partial charge is 0.0796 e. The molecule has 1 heterocycles. The molecule has 0 bridgehead atoms. The van der Waals surface area contributed by atoms with Gasteiger partial charge in [-0.25, -0.2) is 0 Å². The first-order valence-corrected chi connectivity index (χ1v) is 5.36. The molecule has 0 saturated carbocycles. The highest BCUT2D eigenvalue weighted by atomic mass is 16.5. The van der Waals surface area contributed by atoms with Crippen molar-refractivity contribution < 1.29 is 4.74 Å². The first kappa shape index (κ1) is 10.2. The van der Waals surface area contributed by atoms with Crippen LogP contribution in [0.1, 0.15) is 18.4 Å². The van der Waals surface area contributed by atoms with Gasteiger partial charge in [0.15, 0.2) is 0 Å². The molecule has 78 valence electrons. The molecule has 1 aromatic rings. The molecule has 1 saturated heterocycles. The van der Waals surface area contributed by atoms with Crippen LogP contribution in [0.4, 0.5) is 0 Å². The Balaban J connectivity index is 1.96. The van der Waals surface area contributed by atoms with Gasteiger partial charge >= 0.3 is 0 Å². The van der Waals surface area contributed by atoms with Crippen molar-refractivity contribution in [2.45, 2.75) is 18.9 Å². The molecule has 1 aliphatic rings. The van der Waals surface area contributed by atoms with Crippen molar-refractivity contribution in [1.82, 2.24) is 0 Å². The van der Waals surface area contributed by atoms with E-state index in [2.05, 4.69) is 30.9 Å². The van der Waals surface area contributed by atoms with E-state index in [0.29, 0.717) is 0 Å². The monoisotopic (exact) mass is 200 g/mol. The van der Waals surface area contributed by atoms with Crippen LogP contribution in [0.2, 0.25) is 0 Å². The van der Waals surface area contributed by atoms with Gasteiger partial charge in [0.25, 0.3) is 0 Å². The fourth-order valence-corrected chi connectivity index (χ4v) is 1.71. The average molecular weight is 200 g/mol. The van der Waals surface area contributed by atoms with E-state index in [1.807, 2.05) is 18.2 Å². The van der Waals surface area contributed by atoms with Gasteiger partial charge in [-0.15, -0.1) is 0 Å². The second kappa shape index (κ2) is 4.94. The molecule has 1 heteroatoms. The van der Waals surface area contributed by atoms with E-state index >= 15 is 0 Å². The summed E-state index contributed by atoms with van der Waals surface area (Å²) < 4.78 is 5.62. The van der Waals surface area contributed by atoms with Gasteiger partial charge in [-0.1, -0.05) is 54.6 Å². The number of benzene rings is 1. The summed E-state index contributed by atoms with van der Waals surface area (Å²) >= 11 is 0. The normalized spacial score (nSPS) is 22.1. The Labute approximate surface area is 91.1 Å². The maximum atomic E-state index is 5.62. The summed E-state index contributed by atoms with van der Waals surface area (Å²) in [6, 6.07) is 10.3. The Morgan fingerprint density at radius 1 is 1.27 bits per heavy atom. The van der Waals surface area contributed by atoms with Crippen LogP contribution in [0.15, 0.2) is 48.6 Å². The zero-order valence-electron chi connectivity index (χ0n) is 8.86. The fraction of sp³-hybridized carbons (Fsp3) is 0.286. The van der Waals surface area contributed by atoms with Crippen LogP contribution in [0.5, 0.6) is 0 Å². The largest absolute Gasteiger partial charge is 0.373 e. The lowest BCUT2D eigenvalue weighted by molar-refractivity contribution is 0.0682. The highest BCUT2D eigenvalue weighted by molar-refractivity contribution is 5.49. The number of hydrogen-bond acceptors (Lipinski definition) is 1. The minimum absolute atomic E-state index is 0.214. The lowest BCUT2D eigenvalue weighted by Gasteiger charge is -2.21. The molecule has 0 aromatic heterocycles. The van der Waals surface area contributed by atoms with Gasteiger partial charge in [-0.05, 0) is 18.4 Å². The van der Waals surface area contributed by atoms with Gasteiger partial charge < -0.3 is 4.74 Å². The third-order valence-corrected chi connectivity index (χ3v) is 2.58. The van der Waals surface area contributed by atoms with E-state index in [1.54, 1.807) is 0 Å². The highest BCUT2D eigenvalue weighted by Gasteiger charge is 2.12.